The molecule has 0 aliphatic rings. The minimum Gasteiger partial charge on any atom is -0.480 e. The van der Waals surface area contributed by atoms with Gasteiger partial charge in [-0.2, -0.15) is 0 Å². The number of methoxy groups -OCH3 is 1. The van der Waals surface area contributed by atoms with Gasteiger partial charge in [-0.05, 0) is 48.1 Å². The third kappa shape index (κ3) is 4.46. The highest BCUT2D eigenvalue weighted by Gasteiger charge is 2.45. The number of aliphatic carboxylic acids is 2. The number of ether oxygens (including phenoxy) is 1. The number of carboxylic acid groups (broad SMARTS) is 2. The molecule has 28 heavy (non-hydrogen) atoms. The summed E-state index contributed by atoms with van der Waals surface area (Å²) in [5.74, 6) is -3.21. The lowest BCUT2D eigenvalue weighted by atomic mass is 9.77. The molecule has 0 saturated carbocycles. The number of allylic oxidation sites excluding steroid dienone is 1. The van der Waals surface area contributed by atoms with Crippen molar-refractivity contribution in [2.24, 2.45) is 5.41 Å². The molecular formula is C22H22O6. The molecule has 6 heteroatoms. The molecule has 0 radical (unpaired) electrons. The van der Waals surface area contributed by atoms with Gasteiger partial charge in [-0.25, -0.2) is 4.79 Å². The maximum Gasteiger partial charge on any atom is 0.337 e. The molecule has 0 amide bonds. The highest BCUT2D eigenvalue weighted by molar-refractivity contribution is 5.98. The van der Waals surface area contributed by atoms with Crippen molar-refractivity contribution in [1.29, 1.82) is 0 Å². The van der Waals surface area contributed by atoms with Gasteiger partial charge < -0.3 is 14.9 Å². The van der Waals surface area contributed by atoms with Crippen molar-refractivity contribution < 1.29 is 29.3 Å². The Bertz CT molecular complexity index is 885. The lowest BCUT2D eigenvalue weighted by Crippen LogP contribution is -2.41. The zero-order chi connectivity index (χ0) is 20.7. The van der Waals surface area contributed by atoms with Gasteiger partial charge in [0.15, 0.2) is 5.41 Å². The van der Waals surface area contributed by atoms with E-state index in [9.17, 15) is 24.6 Å². The molecule has 0 bridgehead atoms. The highest BCUT2D eigenvalue weighted by Crippen LogP contribution is 2.32. The summed E-state index contributed by atoms with van der Waals surface area (Å²) >= 11 is 0. The summed E-state index contributed by atoms with van der Waals surface area (Å²) in [7, 11) is 1.30. The van der Waals surface area contributed by atoms with E-state index in [1.54, 1.807) is 36.4 Å². The molecule has 0 atom stereocenters. The number of esters is 1. The zero-order valence-corrected chi connectivity index (χ0v) is 15.6. The quantitative estimate of drug-likeness (QED) is 0.389. The van der Waals surface area contributed by atoms with Crippen LogP contribution in [0.5, 0.6) is 0 Å². The van der Waals surface area contributed by atoms with Crippen LogP contribution in [0, 0.1) is 5.41 Å². The van der Waals surface area contributed by atoms with E-state index in [2.05, 4.69) is 6.58 Å². The normalized spacial score (nSPS) is 10.9. The van der Waals surface area contributed by atoms with Crippen molar-refractivity contribution in [2.45, 2.75) is 19.3 Å². The number of rotatable bonds is 9. The molecule has 0 aliphatic heterocycles. The first-order valence-corrected chi connectivity index (χ1v) is 8.69. The van der Waals surface area contributed by atoms with Crippen LogP contribution < -0.4 is 0 Å². The van der Waals surface area contributed by atoms with Gasteiger partial charge in [-0.3, -0.25) is 9.59 Å². The molecule has 2 N–H and O–H groups in total. The standard InChI is InChI=1S/C22H22O6/c1-3-4-11-22(20(24)25,21(26)27)14-15-7-5-8-16(12-15)17-9-6-10-18(13-17)19(23)28-2/h3,5-10,12-13H,1,4,11,14H2,2H3,(H,24,25)(H,26,27). The van der Waals surface area contributed by atoms with Crippen molar-refractivity contribution in [3.05, 3.63) is 72.3 Å². The first-order chi connectivity index (χ1) is 13.3. The molecule has 2 aromatic rings. The summed E-state index contributed by atoms with van der Waals surface area (Å²) in [5, 5.41) is 19.3. The third-order valence-corrected chi connectivity index (χ3v) is 4.64. The van der Waals surface area contributed by atoms with E-state index in [4.69, 9.17) is 4.74 Å². The van der Waals surface area contributed by atoms with E-state index >= 15 is 0 Å². The summed E-state index contributed by atoms with van der Waals surface area (Å²) in [6, 6.07) is 13.8. The van der Waals surface area contributed by atoms with Gasteiger partial charge in [0.25, 0.3) is 0 Å². The highest BCUT2D eigenvalue weighted by atomic mass is 16.5. The summed E-state index contributed by atoms with van der Waals surface area (Å²) < 4.78 is 4.73. The first-order valence-electron chi connectivity index (χ1n) is 8.69. The predicted molar refractivity (Wildman–Crippen MR) is 104 cm³/mol. The van der Waals surface area contributed by atoms with E-state index in [0.717, 1.165) is 11.1 Å². The van der Waals surface area contributed by atoms with Gasteiger partial charge in [0.1, 0.15) is 0 Å². The summed E-state index contributed by atoms with van der Waals surface area (Å²) in [6.45, 7) is 3.55. The molecule has 0 spiro atoms. The van der Waals surface area contributed by atoms with Crippen LogP contribution in [0.3, 0.4) is 0 Å². The fourth-order valence-electron chi connectivity index (χ4n) is 3.05. The lowest BCUT2D eigenvalue weighted by Gasteiger charge is -2.24. The average molecular weight is 382 g/mol. The second-order valence-electron chi connectivity index (χ2n) is 6.47. The summed E-state index contributed by atoms with van der Waals surface area (Å²) in [6.07, 6.45) is 1.58. The van der Waals surface area contributed by atoms with Crippen LogP contribution in [-0.2, 0) is 20.7 Å². The van der Waals surface area contributed by atoms with Crippen LogP contribution in [0.1, 0.15) is 28.8 Å². The Balaban J connectivity index is 2.41. The molecular weight excluding hydrogens is 360 g/mol. The third-order valence-electron chi connectivity index (χ3n) is 4.64. The van der Waals surface area contributed by atoms with Crippen molar-refractivity contribution in [1.82, 2.24) is 0 Å². The molecule has 0 unspecified atom stereocenters. The Hall–Kier alpha value is -3.41. The Morgan fingerprint density at radius 1 is 1.04 bits per heavy atom. The van der Waals surface area contributed by atoms with Gasteiger partial charge in [-0.15, -0.1) is 6.58 Å². The van der Waals surface area contributed by atoms with E-state index < -0.39 is 23.3 Å². The molecule has 0 saturated heterocycles. The summed E-state index contributed by atoms with van der Waals surface area (Å²) in [5.41, 5.74) is 0.529. The molecule has 0 aliphatic carbocycles. The van der Waals surface area contributed by atoms with Crippen molar-refractivity contribution in [3.8, 4) is 11.1 Å². The monoisotopic (exact) mass is 382 g/mol. The SMILES string of the molecule is C=CCCC(Cc1cccc(-c2cccc(C(=O)OC)c2)c1)(C(=O)O)C(=O)O. The molecule has 0 aromatic heterocycles. The largest absolute Gasteiger partial charge is 0.480 e. The van der Waals surface area contributed by atoms with Crippen LogP contribution in [0.2, 0.25) is 0 Å². The minimum atomic E-state index is -1.93. The molecule has 6 nitrogen and oxygen atoms in total. The van der Waals surface area contributed by atoms with Gasteiger partial charge in [0.2, 0.25) is 0 Å². The number of carbonyl (C=O) groups is 3. The molecule has 2 aromatic carbocycles. The molecule has 2 rings (SSSR count). The number of carboxylic acids is 2. The first kappa shape index (κ1) is 20.9. The van der Waals surface area contributed by atoms with Crippen LogP contribution in [-0.4, -0.2) is 35.2 Å². The van der Waals surface area contributed by atoms with Crippen molar-refractivity contribution in [3.63, 3.8) is 0 Å². The number of benzene rings is 2. The number of hydrogen-bond donors (Lipinski definition) is 2. The summed E-state index contributed by atoms with van der Waals surface area (Å²) in [4.78, 5) is 35.4. The van der Waals surface area contributed by atoms with Crippen LogP contribution >= 0.6 is 0 Å². The van der Waals surface area contributed by atoms with Gasteiger partial charge in [-0.1, -0.05) is 42.5 Å². The van der Waals surface area contributed by atoms with E-state index in [1.165, 1.54) is 13.2 Å². The van der Waals surface area contributed by atoms with E-state index in [-0.39, 0.29) is 19.3 Å². The van der Waals surface area contributed by atoms with Gasteiger partial charge >= 0.3 is 17.9 Å². The molecule has 146 valence electrons. The second kappa shape index (κ2) is 8.99. The lowest BCUT2D eigenvalue weighted by molar-refractivity contribution is -0.165. The van der Waals surface area contributed by atoms with E-state index in [0.29, 0.717) is 11.1 Å². The van der Waals surface area contributed by atoms with E-state index in [1.807, 2.05) is 12.1 Å². The Kier molecular flexibility index (Phi) is 6.71. The van der Waals surface area contributed by atoms with Crippen molar-refractivity contribution >= 4 is 17.9 Å². The Morgan fingerprint density at radius 3 is 2.21 bits per heavy atom. The molecule has 0 heterocycles. The zero-order valence-electron chi connectivity index (χ0n) is 15.6. The predicted octanol–water partition coefficient (Wildman–Crippen LogP) is 3.80. The number of hydrogen-bond acceptors (Lipinski definition) is 4. The van der Waals surface area contributed by atoms with Crippen LogP contribution in [0.25, 0.3) is 11.1 Å². The molecule has 0 fully saturated rings. The Labute approximate surface area is 163 Å². The maximum atomic E-state index is 11.8. The Morgan fingerprint density at radius 2 is 1.64 bits per heavy atom. The number of carbonyl (C=O) groups excluding carboxylic acids is 1. The fourth-order valence-corrected chi connectivity index (χ4v) is 3.05. The fraction of sp³-hybridized carbons (Fsp3) is 0.227. The van der Waals surface area contributed by atoms with Gasteiger partial charge in [0, 0.05) is 0 Å². The maximum absolute atomic E-state index is 11.8. The second-order valence-corrected chi connectivity index (χ2v) is 6.47. The topological polar surface area (TPSA) is 101 Å². The minimum absolute atomic E-state index is 0.0524. The van der Waals surface area contributed by atoms with Crippen molar-refractivity contribution in [2.75, 3.05) is 7.11 Å². The van der Waals surface area contributed by atoms with Crippen LogP contribution in [0.15, 0.2) is 61.2 Å². The van der Waals surface area contributed by atoms with Gasteiger partial charge in [0.05, 0.1) is 12.7 Å². The smallest absolute Gasteiger partial charge is 0.337 e. The average Bonchev–Trinajstić information content (AvgIpc) is 2.70. The van der Waals surface area contributed by atoms with Crippen LogP contribution in [0.4, 0.5) is 0 Å².